The maximum absolute atomic E-state index is 6.58. The van der Waals surface area contributed by atoms with Crippen LogP contribution in [0.25, 0.3) is 77.6 Å². The number of nitrogens with zero attached hydrogens (tertiary/aromatic N) is 1. The smallest absolute Gasteiger partial charge is 0.143 e. The summed E-state index contributed by atoms with van der Waals surface area (Å²) in [6, 6.07) is 79.9. The first kappa shape index (κ1) is 33.2. The highest BCUT2D eigenvalue weighted by molar-refractivity contribution is 6.03. The van der Waals surface area contributed by atoms with E-state index in [0.29, 0.717) is 0 Å². The van der Waals surface area contributed by atoms with Gasteiger partial charge >= 0.3 is 0 Å². The first-order chi connectivity index (χ1) is 27.8. The van der Waals surface area contributed by atoms with Gasteiger partial charge in [-0.3, -0.25) is 0 Å². The maximum atomic E-state index is 6.58. The Morgan fingerprint density at radius 1 is 0.321 bits per heavy atom. The van der Waals surface area contributed by atoms with Crippen LogP contribution in [0, 0.1) is 0 Å². The molecular formula is C54H37NO. The molecule has 0 atom stereocenters. The highest BCUT2D eigenvalue weighted by Gasteiger charge is 2.21. The molecule has 0 saturated heterocycles. The molecule has 264 valence electrons. The Hall–Kier alpha value is -7.42. The van der Waals surface area contributed by atoms with Crippen molar-refractivity contribution in [3.05, 3.63) is 224 Å². The second kappa shape index (κ2) is 14.4. The van der Waals surface area contributed by atoms with Gasteiger partial charge in [0.25, 0.3) is 0 Å². The number of benzene rings is 9. The minimum atomic E-state index is 0.881. The van der Waals surface area contributed by atoms with Gasteiger partial charge in [-0.05, 0) is 75.2 Å². The normalized spacial score (nSPS) is 11.2. The van der Waals surface area contributed by atoms with Crippen molar-refractivity contribution in [2.75, 3.05) is 4.90 Å². The number of fused-ring (bicyclic) bond motifs is 2. The van der Waals surface area contributed by atoms with Crippen LogP contribution in [-0.4, -0.2) is 0 Å². The highest BCUT2D eigenvalue weighted by Crippen LogP contribution is 2.45. The maximum Gasteiger partial charge on any atom is 0.143 e. The molecule has 0 amide bonds. The summed E-state index contributed by atoms with van der Waals surface area (Å²) in [4.78, 5) is 2.41. The second-order valence-corrected chi connectivity index (χ2v) is 14.1. The van der Waals surface area contributed by atoms with Gasteiger partial charge in [-0.1, -0.05) is 188 Å². The molecule has 0 aliphatic carbocycles. The van der Waals surface area contributed by atoms with Crippen molar-refractivity contribution in [2.45, 2.75) is 0 Å². The molecule has 1 aromatic heterocycles. The Balaban J connectivity index is 1.07. The molecule has 0 aliphatic heterocycles. The largest absolute Gasteiger partial charge is 0.455 e. The number of anilines is 3. The third-order valence-electron chi connectivity index (χ3n) is 10.7. The van der Waals surface area contributed by atoms with Gasteiger partial charge in [-0.25, -0.2) is 0 Å². The lowest BCUT2D eigenvalue weighted by Crippen LogP contribution is -2.11. The zero-order valence-electron chi connectivity index (χ0n) is 30.7. The van der Waals surface area contributed by atoms with Crippen LogP contribution in [0.2, 0.25) is 0 Å². The van der Waals surface area contributed by atoms with Gasteiger partial charge in [0, 0.05) is 33.2 Å². The van der Waals surface area contributed by atoms with E-state index in [2.05, 4.69) is 217 Å². The quantitative estimate of drug-likeness (QED) is 0.156. The Bertz CT molecular complexity index is 2940. The van der Waals surface area contributed by atoms with Crippen molar-refractivity contribution < 1.29 is 4.42 Å². The predicted molar refractivity (Wildman–Crippen MR) is 236 cm³/mol. The van der Waals surface area contributed by atoms with Gasteiger partial charge in [-0.15, -0.1) is 0 Å². The van der Waals surface area contributed by atoms with Crippen molar-refractivity contribution in [2.24, 2.45) is 0 Å². The van der Waals surface area contributed by atoms with E-state index in [1.807, 2.05) is 12.1 Å². The first-order valence-electron chi connectivity index (χ1n) is 19.1. The molecule has 0 radical (unpaired) electrons. The molecule has 0 fully saturated rings. The monoisotopic (exact) mass is 715 g/mol. The van der Waals surface area contributed by atoms with E-state index in [9.17, 15) is 0 Å². The lowest BCUT2D eigenvalue weighted by atomic mass is 9.96. The molecule has 2 heteroatoms. The van der Waals surface area contributed by atoms with Crippen LogP contribution >= 0.6 is 0 Å². The van der Waals surface area contributed by atoms with Crippen LogP contribution in [0.4, 0.5) is 17.1 Å². The topological polar surface area (TPSA) is 16.4 Å². The average Bonchev–Trinajstić information content (AvgIpc) is 3.68. The van der Waals surface area contributed by atoms with Crippen molar-refractivity contribution in [1.29, 1.82) is 0 Å². The van der Waals surface area contributed by atoms with Crippen LogP contribution < -0.4 is 4.90 Å². The molecule has 10 aromatic rings. The van der Waals surface area contributed by atoms with E-state index < -0.39 is 0 Å². The van der Waals surface area contributed by atoms with Crippen molar-refractivity contribution in [3.8, 4) is 55.8 Å². The second-order valence-electron chi connectivity index (χ2n) is 14.1. The fourth-order valence-corrected chi connectivity index (χ4v) is 7.98. The van der Waals surface area contributed by atoms with Gasteiger partial charge in [0.1, 0.15) is 11.3 Å². The van der Waals surface area contributed by atoms with E-state index in [1.54, 1.807) is 0 Å². The highest BCUT2D eigenvalue weighted by atomic mass is 16.3. The van der Waals surface area contributed by atoms with E-state index >= 15 is 0 Å². The minimum absolute atomic E-state index is 0.881. The van der Waals surface area contributed by atoms with Crippen molar-refractivity contribution in [3.63, 3.8) is 0 Å². The van der Waals surface area contributed by atoms with Crippen LogP contribution in [0.3, 0.4) is 0 Å². The van der Waals surface area contributed by atoms with Gasteiger partial charge in [0.2, 0.25) is 0 Å². The average molecular weight is 716 g/mol. The van der Waals surface area contributed by atoms with Crippen molar-refractivity contribution in [1.82, 2.24) is 0 Å². The zero-order valence-corrected chi connectivity index (χ0v) is 30.7. The molecule has 56 heavy (non-hydrogen) atoms. The Labute approximate surface area is 327 Å². The lowest BCUT2D eigenvalue weighted by molar-refractivity contribution is 0.632. The molecule has 0 N–H and O–H groups in total. The first-order valence-corrected chi connectivity index (χ1v) is 19.1. The van der Waals surface area contributed by atoms with Crippen LogP contribution in [-0.2, 0) is 0 Å². The number of hydrogen-bond donors (Lipinski definition) is 0. The molecule has 0 aliphatic rings. The third kappa shape index (κ3) is 6.14. The van der Waals surface area contributed by atoms with Crippen LogP contribution in [0.5, 0.6) is 0 Å². The summed E-state index contributed by atoms with van der Waals surface area (Å²) in [6.45, 7) is 0. The fraction of sp³-hybridized carbons (Fsp3) is 0. The van der Waals surface area contributed by atoms with Crippen LogP contribution in [0.1, 0.15) is 0 Å². The fourth-order valence-electron chi connectivity index (χ4n) is 7.98. The van der Waals surface area contributed by atoms with E-state index in [0.717, 1.165) is 67.2 Å². The Morgan fingerprint density at radius 2 is 0.839 bits per heavy atom. The zero-order chi connectivity index (χ0) is 37.3. The van der Waals surface area contributed by atoms with E-state index in [-0.39, 0.29) is 0 Å². The van der Waals surface area contributed by atoms with Crippen LogP contribution in [0.15, 0.2) is 229 Å². The molecule has 1 heterocycles. The van der Waals surface area contributed by atoms with Gasteiger partial charge in [0.15, 0.2) is 0 Å². The third-order valence-corrected chi connectivity index (χ3v) is 10.7. The summed E-state index contributed by atoms with van der Waals surface area (Å²) < 4.78 is 6.58. The number of furan rings is 1. The van der Waals surface area contributed by atoms with Gasteiger partial charge in [0.05, 0.1) is 11.4 Å². The number of para-hydroxylation sites is 2. The van der Waals surface area contributed by atoms with Gasteiger partial charge < -0.3 is 9.32 Å². The molecular weight excluding hydrogens is 679 g/mol. The molecule has 0 saturated carbocycles. The molecule has 0 bridgehead atoms. The van der Waals surface area contributed by atoms with Crippen molar-refractivity contribution >= 4 is 38.8 Å². The molecule has 2 nitrogen and oxygen atoms in total. The summed E-state index contributed by atoms with van der Waals surface area (Å²) in [7, 11) is 0. The molecule has 0 spiro atoms. The SMILES string of the molecule is c1ccc(-c2ccc(-c3ccccc3N(c3ccc(-c4cccc(-c5oc6ccccc6c5-c5ccccc5)c4)cc3)c3cccc4ccccc34)cc2)cc1. The van der Waals surface area contributed by atoms with E-state index in [4.69, 9.17) is 4.42 Å². The minimum Gasteiger partial charge on any atom is -0.455 e. The lowest BCUT2D eigenvalue weighted by Gasteiger charge is -2.29. The summed E-state index contributed by atoms with van der Waals surface area (Å²) in [5.74, 6) is 0.881. The molecule has 9 aromatic carbocycles. The summed E-state index contributed by atoms with van der Waals surface area (Å²) in [5, 5.41) is 3.51. The summed E-state index contributed by atoms with van der Waals surface area (Å²) in [5.41, 5.74) is 14.5. The van der Waals surface area contributed by atoms with E-state index in [1.165, 1.54) is 27.5 Å². The van der Waals surface area contributed by atoms with Gasteiger partial charge in [-0.2, -0.15) is 0 Å². The Kier molecular flexibility index (Phi) is 8.55. The standard InChI is InChI=1S/C54H37NO/c1-3-15-38(16-4-1)39-29-31-42(32-30-39)48-24-9-11-26-50(48)55(51-27-14-20-41-17-7-8-23-47(41)51)46-35-33-40(34-36-46)44-21-13-22-45(37-44)54-53(43-18-5-2-6-19-43)49-25-10-12-28-52(49)56-54/h1-37H. The molecule has 10 rings (SSSR count). The Morgan fingerprint density at radius 3 is 1.64 bits per heavy atom. The molecule has 0 unspecified atom stereocenters. The number of rotatable bonds is 8. The predicted octanol–water partition coefficient (Wildman–Crippen LogP) is 15.4. The number of hydrogen-bond acceptors (Lipinski definition) is 2. The summed E-state index contributed by atoms with van der Waals surface area (Å²) in [6.07, 6.45) is 0. The summed E-state index contributed by atoms with van der Waals surface area (Å²) >= 11 is 0.